The molecule has 2 aromatic rings. The third-order valence-corrected chi connectivity index (χ3v) is 4.52. The highest BCUT2D eigenvalue weighted by Gasteiger charge is 2.10. The minimum absolute atomic E-state index is 0.273. The molecule has 0 aliphatic rings. The summed E-state index contributed by atoms with van der Waals surface area (Å²) in [6, 6.07) is 6.49. The quantitative estimate of drug-likeness (QED) is 0.863. The highest BCUT2D eigenvalue weighted by atomic mass is 35.5. The Labute approximate surface area is 129 Å². The Morgan fingerprint density at radius 2 is 2.25 bits per heavy atom. The van der Waals surface area contributed by atoms with Crippen LogP contribution in [0.4, 0.5) is 0 Å². The maximum Gasteiger partial charge on any atom is 0.172 e. The van der Waals surface area contributed by atoms with Crippen molar-refractivity contribution in [2.45, 2.75) is 36.4 Å². The normalized spacial score (nSPS) is 12.6. The van der Waals surface area contributed by atoms with E-state index in [0.29, 0.717) is 0 Å². The first kappa shape index (κ1) is 15.4. The van der Waals surface area contributed by atoms with Crippen molar-refractivity contribution < 1.29 is 0 Å². The summed E-state index contributed by atoms with van der Waals surface area (Å²) in [5.41, 5.74) is 1.14. The summed E-state index contributed by atoms with van der Waals surface area (Å²) in [5.74, 6) is 0. The molecule has 1 N–H and O–H groups in total. The predicted octanol–water partition coefficient (Wildman–Crippen LogP) is 4.29. The molecule has 0 saturated carbocycles. The molecule has 108 valence electrons. The van der Waals surface area contributed by atoms with Crippen molar-refractivity contribution in [1.29, 1.82) is 0 Å². The lowest BCUT2D eigenvalue weighted by molar-refractivity contribution is 0.570. The Kier molecular flexibility index (Phi) is 5.52. The number of hydrogen-bond acceptors (Lipinski definition) is 3. The number of aromatic nitrogens is 2. The van der Waals surface area contributed by atoms with Gasteiger partial charge in [-0.3, -0.25) is 0 Å². The van der Waals surface area contributed by atoms with Crippen LogP contribution in [0, 0.1) is 0 Å². The van der Waals surface area contributed by atoms with Gasteiger partial charge in [-0.05, 0) is 37.6 Å². The standard InChI is InChI=1S/C15H20ClN3S/c1-4-7-17-11(2)13-6-5-12(10-14(13)16)20-15-18-8-9-19(15)3/h5-6,8-11,17H,4,7H2,1-3H3. The second kappa shape index (κ2) is 7.16. The molecule has 0 saturated heterocycles. The van der Waals surface area contributed by atoms with Gasteiger partial charge >= 0.3 is 0 Å². The topological polar surface area (TPSA) is 29.9 Å². The largest absolute Gasteiger partial charge is 0.329 e. The molecule has 0 aliphatic heterocycles. The maximum atomic E-state index is 6.40. The Bertz CT molecular complexity index is 568. The van der Waals surface area contributed by atoms with Crippen LogP contribution in [-0.2, 0) is 7.05 Å². The van der Waals surface area contributed by atoms with Gasteiger partial charge in [-0.15, -0.1) is 0 Å². The van der Waals surface area contributed by atoms with Crippen LogP contribution in [0.2, 0.25) is 5.02 Å². The SMILES string of the molecule is CCCNC(C)c1ccc(Sc2nccn2C)cc1Cl. The van der Waals surface area contributed by atoms with E-state index >= 15 is 0 Å². The van der Waals surface area contributed by atoms with Gasteiger partial charge in [-0.2, -0.15) is 0 Å². The van der Waals surface area contributed by atoms with Crippen molar-refractivity contribution >= 4 is 23.4 Å². The van der Waals surface area contributed by atoms with Gasteiger partial charge in [0.2, 0.25) is 0 Å². The fourth-order valence-corrected chi connectivity index (χ4v) is 3.20. The number of imidazole rings is 1. The number of hydrogen-bond donors (Lipinski definition) is 1. The van der Waals surface area contributed by atoms with Crippen LogP contribution >= 0.6 is 23.4 Å². The molecule has 1 atom stereocenters. The van der Waals surface area contributed by atoms with E-state index in [1.54, 1.807) is 18.0 Å². The summed E-state index contributed by atoms with van der Waals surface area (Å²) in [6.45, 7) is 5.30. The van der Waals surface area contributed by atoms with Gasteiger partial charge in [0.25, 0.3) is 0 Å². The lowest BCUT2D eigenvalue weighted by atomic mass is 10.1. The lowest BCUT2D eigenvalue weighted by Crippen LogP contribution is -2.19. The molecule has 20 heavy (non-hydrogen) atoms. The first-order valence-electron chi connectivity index (χ1n) is 6.79. The second-order valence-electron chi connectivity index (χ2n) is 4.78. The van der Waals surface area contributed by atoms with Crippen LogP contribution in [0.1, 0.15) is 31.9 Å². The first-order valence-corrected chi connectivity index (χ1v) is 7.99. The molecule has 1 heterocycles. The Morgan fingerprint density at radius 3 is 2.85 bits per heavy atom. The van der Waals surface area contributed by atoms with Crippen molar-refractivity contribution in [2.75, 3.05) is 6.54 Å². The minimum Gasteiger partial charge on any atom is -0.329 e. The molecule has 0 fully saturated rings. The maximum absolute atomic E-state index is 6.40. The van der Waals surface area contributed by atoms with Crippen molar-refractivity contribution in [3.63, 3.8) is 0 Å². The van der Waals surface area contributed by atoms with Crippen molar-refractivity contribution in [2.24, 2.45) is 7.05 Å². The Balaban J connectivity index is 2.11. The molecule has 2 rings (SSSR count). The average molecular weight is 310 g/mol. The van der Waals surface area contributed by atoms with Gasteiger partial charge in [0, 0.05) is 35.4 Å². The molecule has 5 heteroatoms. The molecule has 0 bridgehead atoms. The summed E-state index contributed by atoms with van der Waals surface area (Å²) >= 11 is 8.02. The summed E-state index contributed by atoms with van der Waals surface area (Å²) in [6.07, 6.45) is 4.86. The number of aryl methyl sites for hydroxylation is 1. The fraction of sp³-hybridized carbons (Fsp3) is 0.400. The van der Waals surface area contributed by atoms with E-state index in [0.717, 1.165) is 33.6 Å². The molecule has 1 aromatic carbocycles. The first-order chi connectivity index (χ1) is 9.61. The molecule has 1 aromatic heterocycles. The van der Waals surface area contributed by atoms with Gasteiger partial charge in [-0.25, -0.2) is 4.98 Å². The van der Waals surface area contributed by atoms with Crippen LogP contribution < -0.4 is 5.32 Å². The van der Waals surface area contributed by atoms with E-state index in [9.17, 15) is 0 Å². The molecule has 0 aliphatic carbocycles. The average Bonchev–Trinajstić information content (AvgIpc) is 2.82. The zero-order valence-electron chi connectivity index (χ0n) is 12.1. The smallest absolute Gasteiger partial charge is 0.172 e. The fourth-order valence-electron chi connectivity index (χ4n) is 1.95. The van der Waals surface area contributed by atoms with Gasteiger partial charge in [-0.1, -0.05) is 36.4 Å². The van der Waals surface area contributed by atoms with E-state index in [4.69, 9.17) is 11.6 Å². The third kappa shape index (κ3) is 3.78. The minimum atomic E-state index is 0.273. The molecule has 0 amide bonds. The Hall–Kier alpha value is -0.970. The molecular weight excluding hydrogens is 290 g/mol. The van der Waals surface area contributed by atoms with Crippen LogP contribution in [-0.4, -0.2) is 16.1 Å². The predicted molar refractivity (Wildman–Crippen MR) is 85.5 cm³/mol. The van der Waals surface area contributed by atoms with Crippen LogP contribution in [0.15, 0.2) is 40.6 Å². The van der Waals surface area contributed by atoms with Crippen molar-refractivity contribution in [3.8, 4) is 0 Å². The third-order valence-electron chi connectivity index (χ3n) is 3.13. The molecule has 0 spiro atoms. The van der Waals surface area contributed by atoms with Gasteiger partial charge in [0.1, 0.15) is 0 Å². The number of nitrogens with zero attached hydrogens (tertiary/aromatic N) is 2. The monoisotopic (exact) mass is 309 g/mol. The van der Waals surface area contributed by atoms with Gasteiger partial charge < -0.3 is 9.88 Å². The highest BCUT2D eigenvalue weighted by molar-refractivity contribution is 7.99. The molecule has 0 radical (unpaired) electrons. The van der Waals surface area contributed by atoms with Gasteiger partial charge in [0.05, 0.1) is 0 Å². The second-order valence-corrected chi connectivity index (χ2v) is 6.23. The lowest BCUT2D eigenvalue weighted by Gasteiger charge is -2.15. The van der Waals surface area contributed by atoms with Crippen LogP contribution in [0.5, 0.6) is 0 Å². The molecular formula is C15H20ClN3S. The van der Waals surface area contributed by atoms with E-state index < -0.39 is 0 Å². The van der Waals surface area contributed by atoms with Crippen LogP contribution in [0.3, 0.4) is 0 Å². The zero-order chi connectivity index (χ0) is 14.5. The number of benzene rings is 1. The number of halogens is 1. The zero-order valence-corrected chi connectivity index (χ0v) is 13.6. The van der Waals surface area contributed by atoms with E-state index in [1.807, 2.05) is 23.9 Å². The van der Waals surface area contributed by atoms with Crippen LogP contribution in [0.25, 0.3) is 0 Å². The van der Waals surface area contributed by atoms with Crippen molar-refractivity contribution in [1.82, 2.24) is 14.9 Å². The summed E-state index contributed by atoms with van der Waals surface area (Å²) < 4.78 is 2.00. The van der Waals surface area contributed by atoms with E-state index in [2.05, 4.69) is 36.3 Å². The van der Waals surface area contributed by atoms with Crippen molar-refractivity contribution in [3.05, 3.63) is 41.2 Å². The number of rotatable bonds is 6. The Morgan fingerprint density at radius 1 is 1.45 bits per heavy atom. The van der Waals surface area contributed by atoms with E-state index in [1.165, 1.54) is 0 Å². The summed E-state index contributed by atoms with van der Waals surface area (Å²) in [5, 5.41) is 5.23. The molecule has 3 nitrogen and oxygen atoms in total. The van der Waals surface area contributed by atoms with E-state index in [-0.39, 0.29) is 6.04 Å². The summed E-state index contributed by atoms with van der Waals surface area (Å²) in [4.78, 5) is 5.42. The number of nitrogens with one attached hydrogen (secondary N) is 1. The molecule has 1 unspecified atom stereocenters. The van der Waals surface area contributed by atoms with Gasteiger partial charge in [0.15, 0.2) is 5.16 Å². The summed E-state index contributed by atoms with van der Waals surface area (Å²) in [7, 11) is 1.99. The highest BCUT2D eigenvalue weighted by Crippen LogP contribution is 2.31.